The van der Waals surface area contributed by atoms with Gasteiger partial charge >= 0.3 is 0 Å². The third kappa shape index (κ3) is 69.3. The Hall–Kier alpha value is -3.47. The highest BCUT2D eigenvalue weighted by Crippen LogP contribution is 2.18. The Balaban J connectivity index is 3.55. The van der Waals surface area contributed by atoms with Crippen LogP contribution in [0.25, 0.3) is 0 Å². The summed E-state index contributed by atoms with van der Waals surface area (Å²) in [5.41, 5.74) is 0. The fourth-order valence-electron chi connectivity index (χ4n) is 10.7. The molecule has 482 valence electrons. The summed E-state index contributed by atoms with van der Waals surface area (Å²) in [7, 11) is 0. The molecule has 0 fully saturated rings. The molecule has 0 aromatic heterocycles. The van der Waals surface area contributed by atoms with Crippen LogP contribution >= 0.6 is 0 Å². The molecule has 0 aromatic rings. The van der Waals surface area contributed by atoms with Crippen molar-refractivity contribution >= 4 is 5.91 Å². The Labute approximate surface area is 523 Å². The Morgan fingerprint density at radius 1 is 0.298 bits per heavy atom. The summed E-state index contributed by atoms with van der Waals surface area (Å²) in [5, 5.41) is 23.3. The quantitative estimate of drug-likeness (QED) is 0.0420. The zero-order valence-corrected chi connectivity index (χ0v) is 55.6. The van der Waals surface area contributed by atoms with Crippen LogP contribution in [0.4, 0.5) is 0 Å². The predicted molar refractivity (Wildman–Crippen MR) is 377 cm³/mol. The maximum absolute atomic E-state index is 12.6. The standard InChI is InChI=1S/C80H139NO3/c1-3-5-7-9-11-13-15-17-19-21-23-25-27-29-31-33-35-36-37-38-39-40-41-42-43-44-46-48-50-52-54-56-58-60-62-64-66-68-70-72-74-76-80(84)81-78(77-82)79(83)75-73-71-69-67-65-63-61-59-57-55-53-51-49-47-45-34-32-30-28-26-24-22-20-18-16-14-12-10-8-6-4-2/h5,7,11,13,17,19,23,25,29,31,35-36,38-39,41-42,44,46,50,52,73,75,78-79,82-83H,3-4,6,8-10,12,14-16,18,20-22,24,26-28,30,32-34,37,40,43,45,47-49,51,53-72,74,76-77H2,1-2H3,(H,81,84)/b7-5-,13-11-,19-17-,25-23-,31-29-,36-35-,39-38-,42-41-,46-44-,52-50-,75-73+. The minimum Gasteiger partial charge on any atom is -0.394 e. The molecule has 4 nitrogen and oxygen atoms in total. The number of unbranched alkanes of at least 4 members (excludes halogenated alkanes) is 39. The molecule has 0 bridgehead atoms. The molecule has 0 aliphatic rings. The van der Waals surface area contributed by atoms with Crippen LogP contribution in [0.1, 0.15) is 348 Å². The van der Waals surface area contributed by atoms with Gasteiger partial charge in [-0.15, -0.1) is 0 Å². The highest BCUT2D eigenvalue weighted by Gasteiger charge is 2.18. The second-order valence-corrected chi connectivity index (χ2v) is 24.3. The fourth-order valence-corrected chi connectivity index (χ4v) is 10.7. The summed E-state index contributed by atoms with van der Waals surface area (Å²) in [6.07, 6.45) is 114. The molecule has 0 aromatic carbocycles. The van der Waals surface area contributed by atoms with Crippen molar-refractivity contribution in [3.63, 3.8) is 0 Å². The number of amides is 1. The van der Waals surface area contributed by atoms with E-state index in [1.165, 1.54) is 238 Å². The predicted octanol–water partition coefficient (Wildman–Crippen LogP) is 25.3. The molecule has 2 unspecified atom stereocenters. The minimum absolute atomic E-state index is 0.0695. The molecule has 0 saturated carbocycles. The molecule has 1 amide bonds. The van der Waals surface area contributed by atoms with Gasteiger partial charge in [-0.05, 0) is 96.3 Å². The maximum atomic E-state index is 12.6. The van der Waals surface area contributed by atoms with Crippen LogP contribution < -0.4 is 5.32 Å². The number of carbonyl (C=O) groups excluding carboxylic acids is 1. The Bertz CT molecular complexity index is 1650. The number of aliphatic hydroxyl groups excluding tert-OH is 2. The van der Waals surface area contributed by atoms with E-state index >= 15 is 0 Å². The lowest BCUT2D eigenvalue weighted by Crippen LogP contribution is -2.45. The van der Waals surface area contributed by atoms with Gasteiger partial charge in [-0.3, -0.25) is 4.79 Å². The largest absolute Gasteiger partial charge is 0.394 e. The van der Waals surface area contributed by atoms with Gasteiger partial charge in [0.15, 0.2) is 0 Å². The third-order valence-electron chi connectivity index (χ3n) is 16.1. The SMILES string of the molecule is CC/C=C\C/C=C\C/C=C\C/C=C\C/C=C\C/C=C\C/C=C\C/C=C\C/C=C\C/C=C\CCCCCCCCCCCCC(=O)NC(CO)C(O)/C=C/CCCCCCCCCCCCCCCCCCCCCCCCCCCCCCC. The number of rotatable bonds is 66. The van der Waals surface area contributed by atoms with Crippen LogP contribution in [0.3, 0.4) is 0 Å². The lowest BCUT2D eigenvalue weighted by atomic mass is 10.0. The van der Waals surface area contributed by atoms with Gasteiger partial charge in [-0.1, -0.05) is 379 Å². The van der Waals surface area contributed by atoms with Crippen LogP contribution in [0, 0.1) is 0 Å². The first-order chi connectivity index (χ1) is 41.7. The van der Waals surface area contributed by atoms with Crippen LogP contribution in [0.5, 0.6) is 0 Å². The molecule has 84 heavy (non-hydrogen) atoms. The van der Waals surface area contributed by atoms with E-state index in [4.69, 9.17) is 0 Å². The van der Waals surface area contributed by atoms with E-state index in [0.29, 0.717) is 6.42 Å². The minimum atomic E-state index is -0.851. The van der Waals surface area contributed by atoms with Gasteiger partial charge in [0.25, 0.3) is 0 Å². The van der Waals surface area contributed by atoms with E-state index in [-0.39, 0.29) is 12.5 Å². The van der Waals surface area contributed by atoms with E-state index in [9.17, 15) is 15.0 Å². The van der Waals surface area contributed by atoms with Crippen molar-refractivity contribution in [3.8, 4) is 0 Å². The molecule has 0 heterocycles. The summed E-state index contributed by atoms with van der Waals surface area (Å²) in [6, 6.07) is -0.635. The summed E-state index contributed by atoms with van der Waals surface area (Å²) in [5.74, 6) is -0.0695. The van der Waals surface area contributed by atoms with Crippen molar-refractivity contribution < 1.29 is 15.0 Å². The van der Waals surface area contributed by atoms with Gasteiger partial charge in [0, 0.05) is 6.42 Å². The molecule has 0 rings (SSSR count). The zero-order valence-electron chi connectivity index (χ0n) is 55.6. The Morgan fingerprint density at radius 3 is 0.786 bits per heavy atom. The first-order valence-electron chi connectivity index (χ1n) is 36.4. The first-order valence-corrected chi connectivity index (χ1v) is 36.4. The second kappa shape index (κ2) is 73.8. The van der Waals surface area contributed by atoms with Gasteiger partial charge < -0.3 is 15.5 Å². The molecule has 4 heteroatoms. The highest BCUT2D eigenvalue weighted by molar-refractivity contribution is 5.76. The zero-order chi connectivity index (χ0) is 60.5. The van der Waals surface area contributed by atoms with Crippen molar-refractivity contribution in [2.45, 2.75) is 360 Å². The second-order valence-electron chi connectivity index (χ2n) is 24.3. The van der Waals surface area contributed by atoms with Crippen LogP contribution in [0.2, 0.25) is 0 Å². The average Bonchev–Trinajstić information content (AvgIpc) is 3.51. The van der Waals surface area contributed by atoms with Crippen molar-refractivity contribution in [1.82, 2.24) is 5.32 Å². The van der Waals surface area contributed by atoms with Crippen molar-refractivity contribution in [1.29, 1.82) is 0 Å². The van der Waals surface area contributed by atoms with Gasteiger partial charge in [0.1, 0.15) is 0 Å². The van der Waals surface area contributed by atoms with E-state index in [1.807, 2.05) is 6.08 Å². The molecule has 0 aliphatic heterocycles. The molecule has 0 saturated heterocycles. The molecule has 3 N–H and O–H groups in total. The monoisotopic (exact) mass is 1160 g/mol. The van der Waals surface area contributed by atoms with Gasteiger partial charge in [-0.25, -0.2) is 0 Å². The fraction of sp³-hybridized carbons (Fsp3) is 0.713. The van der Waals surface area contributed by atoms with Crippen molar-refractivity contribution in [2.75, 3.05) is 6.61 Å². The average molecular weight is 1160 g/mol. The number of aliphatic hydroxyl groups is 2. The molecule has 2 atom stereocenters. The Morgan fingerprint density at radius 2 is 0.524 bits per heavy atom. The van der Waals surface area contributed by atoms with E-state index in [0.717, 1.165) is 89.9 Å². The van der Waals surface area contributed by atoms with E-state index < -0.39 is 12.1 Å². The molecular formula is C80H139NO3. The van der Waals surface area contributed by atoms with E-state index in [1.54, 1.807) is 6.08 Å². The smallest absolute Gasteiger partial charge is 0.220 e. The van der Waals surface area contributed by atoms with Gasteiger partial charge in [0.05, 0.1) is 18.8 Å². The summed E-state index contributed by atoms with van der Waals surface area (Å²) >= 11 is 0. The summed E-state index contributed by atoms with van der Waals surface area (Å²) in [4.78, 5) is 12.6. The van der Waals surface area contributed by atoms with Crippen LogP contribution in [0.15, 0.2) is 134 Å². The maximum Gasteiger partial charge on any atom is 0.220 e. The molecule has 0 radical (unpaired) electrons. The van der Waals surface area contributed by atoms with Crippen molar-refractivity contribution in [2.24, 2.45) is 0 Å². The van der Waals surface area contributed by atoms with Crippen LogP contribution in [-0.4, -0.2) is 34.9 Å². The first kappa shape index (κ1) is 80.5. The summed E-state index contributed by atoms with van der Waals surface area (Å²) in [6.45, 7) is 4.22. The number of allylic oxidation sites excluding steroid dienone is 21. The normalized spacial score (nSPS) is 13.5. The van der Waals surface area contributed by atoms with Crippen molar-refractivity contribution in [3.05, 3.63) is 134 Å². The lowest BCUT2D eigenvalue weighted by Gasteiger charge is -2.20. The number of nitrogens with one attached hydrogen (secondary N) is 1. The van der Waals surface area contributed by atoms with Gasteiger partial charge in [0.2, 0.25) is 5.91 Å². The lowest BCUT2D eigenvalue weighted by molar-refractivity contribution is -0.123. The van der Waals surface area contributed by atoms with Gasteiger partial charge in [-0.2, -0.15) is 0 Å². The van der Waals surface area contributed by atoms with Crippen LogP contribution in [-0.2, 0) is 4.79 Å². The highest BCUT2D eigenvalue weighted by atomic mass is 16.3. The molecular weight excluding hydrogens is 1020 g/mol. The number of hydrogen-bond donors (Lipinski definition) is 3. The van der Waals surface area contributed by atoms with E-state index in [2.05, 4.69) is 141 Å². The number of hydrogen-bond acceptors (Lipinski definition) is 3. The third-order valence-corrected chi connectivity index (χ3v) is 16.1. The topological polar surface area (TPSA) is 69.6 Å². The molecule has 0 aliphatic carbocycles. The summed E-state index contributed by atoms with van der Waals surface area (Å²) < 4.78 is 0. The Kier molecular flexibility index (Phi) is 70.7. The molecule has 0 spiro atoms. The number of carbonyl (C=O) groups is 1.